The van der Waals surface area contributed by atoms with E-state index < -0.39 is 0 Å². The number of nitrogens with zero attached hydrogens (tertiary/aromatic N) is 2. The van der Waals surface area contributed by atoms with Gasteiger partial charge in [0.1, 0.15) is 17.3 Å². The van der Waals surface area contributed by atoms with Crippen molar-refractivity contribution in [3.8, 4) is 0 Å². The molecule has 4 heteroatoms. The molecule has 17 heavy (non-hydrogen) atoms. The molecule has 0 spiro atoms. The minimum absolute atomic E-state index is 0.751. The van der Waals surface area contributed by atoms with Crippen LogP contribution in [0.5, 0.6) is 0 Å². The average molecular weight is 231 g/mol. The van der Waals surface area contributed by atoms with E-state index in [1.54, 1.807) is 6.20 Å². The number of aryl methyl sites for hydroxylation is 1. The van der Waals surface area contributed by atoms with E-state index in [-0.39, 0.29) is 0 Å². The van der Waals surface area contributed by atoms with Crippen LogP contribution in [-0.2, 0) is 6.54 Å². The molecular weight excluding hydrogens is 214 g/mol. The summed E-state index contributed by atoms with van der Waals surface area (Å²) in [6, 6.07) is 7.98. The fraction of sp³-hybridized carbons (Fsp3) is 0.308. The fourth-order valence-corrected chi connectivity index (χ4v) is 1.69. The van der Waals surface area contributed by atoms with Gasteiger partial charge in [-0.3, -0.25) is 0 Å². The predicted octanol–water partition coefficient (Wildman–Crippen LogP) is 2.66. The first kappa shape index (κ1) is 11.5. The van der Waals surface area contributed by atoms with Gasteiger partial charge in [0.15, 0.2) is 0 Å². The SMILES string of the molecule is CNc1cc(N(C)Cc2ccc(C)o2)ccn1. The van der Waals surface area contributed by atoms with Crippen LogP contribution in [0, 0.1) is 6.92 Å². The van der Waals surface area contributed by atoms with Gasteiger partial charge in [0.25, 0.3) is 0 Å². The molecule has 0 atom stereocenters. The van der Waals surface area contributed by atoms with Crippen LogP contribution < -0.4 is 10.2 Å². The number of hydrogen-bond donors (Lipinski definition) is 1. The minimum atomic E-state index is 0.751. The summed E-state index contributed by atoms with van der Waals surface area (Å²) < 4.78 is 5.56. The largest absolute Gasteiger partial charge is 0.464 e. The third-order valence-corrected chi connectivity index (χ3v) is 2.63. The van der Waals surface area contributed by atoms with Gasteiger partial charge in [-0.25, -0.2) is 4.98 Å². The topological polar surface area (TPSA) is 41.3 Å². The van der Waals surface area contributed by atoms with Crippen LogP contribution in [0.4, 0.5) is 11.5 Å². The second-order valence-electron chi connectivity index (χ2n) is 4.02. The summed E-state index contributed by atoms with van der Waals surface area (Å²) in [5.74, 6) is 2.77. The van der Waals surface area contributed by atoms with E-state index in [1.807, 2.05) is 45.3 Å². The van der Waals surface area contributed by atoms with Gasteiger partial charge >= 0.3 is 0 Å². The summed E-state index contributed by atoms with van der Waals surface area (Å²) in [4.78, 5) is 6.32. The van der Waals surface area contributed by atoms with Gasteiger partial charge in [0, 0.05) is 32.0 Å². The van der Waals surface area contributed by atoms with Gasteiger partial charge in [0.2, 0.25) is 0 Å². The summed E-state index contributed by atoms with van der Waals surface area (Å²) in [5.41, 5.74) is 1.11. The predicted molar refractivity (Wildman–Crippen MR) is 69.3 cm³/mol. The molecule has 1 N–H and O–H groups in total. The second-order valence-corrected chi connectivity index (χ2v) is 4.02. The summed E-state index contributed by atoms with van der Waals surface area (Å²) in [7, 11) is 3.90. The van der Waals surface area contributed by atoms with Crippen LogP contribution in [0.2, 0.25) is 0 Å². The van der Waals surface area contributed by atoms with Crippen molar-refractivity contribution in [2.45, 2.75) is 13.5 Å². The molecule has 0 radical (unpaired) electrons. The molecule has 2 rings (SSSR count). The number of nitrogens with one attached hydrogen (secondary N) is 1. The van der Waals surface area contributed by atoms with Crippen LogP contribution in [-0.4, -0.2) is 19.1 Å². The molecule has 0 aliphatic carbocycles. The lowest BCUT2D eigenvalue weighted by Crippen LogP contribution is -2.16. The third kappa shape index (κ3) is 2.78. The van der Waals surface area contributed by atoms with Crippen LogP contribution >= 0.6 is 0 Å². The number of aromatic nitrogens is 1. The normalized spacial score (nSPS) is 10.3. The molecule has 2 aromatic rings. The molecular formula is C13H17N3O. The standard InChI is InChI=1S/C13H17N3O/c1-10-4-5-12(17-10)9-16(3)11-6-7-15-13(8-11)14-2/h4-8H,9H2,1-3H3,(H,14,15). The Kier molecular flexibility index (Phi) is 3.32. The zero-order chi connectivity index (χ0) is 12.3. The van der Waals surface area contributed by atoms with Crippen LogP contribution in [0.3, 0.4) is 0 Å². The highest BCUT2D eigenvalue weighted by molar-refractivity contribution is 5.53. The molecule has 0 aromatic carbocycles. The minimum Gasteiger partial charge on any atom is -0.464 e. The van der Waals surface area contributed by atoms with Crippen molar-refractivity contribution in [1.29, 1.82) is 0 Å². The van der Waals surface area contributed by atoms with Crippen molar-refractivity contribution >= 4 is 11.5 Å². The lowest BCUT2D eigenvalue weighted by Gasteiger charge is -2.18. The molecule has 4 nitrogen and oxygen atoms in total. The maximum Gasteiger partial charge on any atom is 0.127 e. The Balaban J connectivity index is 2.11. The smallest absolute Gasteiger partial charge is 0.127 e. The van der Waals surface area contributed by atoms with E-state index in [1.165, 1.54) is 0 Å². The highest BCUT2D eigenvalue weighted by Crippen LogP contribution is 2.18. The lowest BCUT2D eigenvalue weighted by molar-refractivity contribution is 0.482. The Morgan fingerprint density at radius 3 is 2.82 bits per heavy atom. The van der Waals surface area contributed by atoms with Gasteiger partial charge in [-0.2, -0.15) is 0 Å². The van der Waals surface area contributed by atoms with Crippen LogP contribution in [0.1, 0.15) is 11.5 Å². The molecule has 0 aliphatic rings. The van der Waals surface area contributed by atoms with E-state index in [2.05, 4.69) is 15.2 Å². The van der Waals surface area contributed by atoms with Crippen molar-refractivity contribution < 1.29 is 4.42 Å². The summed E-state index contributed by atoms with van der Waals surface area (Å²) in [6.45, 7) is 2.70. The van der Waals surface area contributed by atoms with E-state index >= 15 is 0 Å². The molecule has 2 aromatic heterocycles. The Hall–Kier alpha value is -1.97. The number of hydrogen-bond acceptors (Lipinski definition) is 4. The number of anilines is 2. The van der Waals surface area contributed by atoms with Crippen molar-refractivity contribution in [2.75, 3.05) is 24.3 Å². The van der Waals surface area contributed by atoms with Crippen molar-refractivity contribution in [1.82, 2.24) is 4.98 Å². The maximum absolute atomic E-state index is 5.56. The Morgan fingerprint density at radius 2 is 2.18 bits per heavy atom. The molecule has 0 fully saturated rings. The zero-order valence-corrected chi connectivity index (χ0v) is 10.4. The molecule has 0 saturated carbocycles. The van der Waals surface area contributed by atoms with Gasteiger partial charge in [-0.15, -0.1) is 0 Å². The first-order chi connectivity index (χ1) is 8.19. The maximum atomic E-state index is 5.56. The lowest BCUT2D eigenvalue weighted by atomic mass is 10.3. The monoisotopic (exact) mass is 231 g/mol. The van der Waals surface area contributed by atoms with Crippen molar-refractivity contribution in [3.63, 3.8) is 0 Å². The first-order valence-electron chi connectivity index (χ1n) is 5.59. The molecule has 90 valence electrons. The summed E-state index contributed by atoms with van der Waals surface area (Å²) >= 11 is 0. The molecule has 0 aliphatic heterocycles. The highest BCUT2D eigenvalue weighted by Gasteiger charge is 2.05. The van der Waals surface area contributed by atoms with Crippen LogP contribution in [0.25, 0.3) is 0 Å². The Bertz CT molecular complexity index is 493. The molecule has 0 amide bonds. The van der Waals surface area contributed by atoms with Crippen molar-refractivity contribution in [2.24, 2.45) is 0 Å². The Morgan fingerprint density at radius 1 is 1.35 bits per heavy atom. The zero-order valence-electron chi connectivity index (χ0n) is 10.4. The van der Waals surface area contributed by atoms with E-state index in [0.717, 1.165) is 29.6 Å². The number of rotatable bonds is 4. The third-order valence-electron chi connectivity index (χ3n) is 2.63. The first-order valence-corrected chi connectivity index (χ1v) is 5.59. The quantitative estimate of drug-likeness (QED) is 0.878. The summed E-state index contributed by atoms with van der Waals surface area (Å²) in [6.07, 6.45) is 1.80. The highest BCUT2D eigenvalue weighted by atomic mass is 16.3. The number of pyridine rings is 1. The molecule has 0 unspecified atom stereocenters. The van der Waals surface area contributed by atoms with E-state index in [0.29, 0.717) is 0 Å². The number of furan rings is 1. The summed E-state index contributed by atoms with van der Waals surface area (Å²) in [5, 5.41) is 3.03. The molecule has 0 saturated heterocycles. The fourth-order valence-electron chi connectivity index (χ4n) is 1.69. The van der Waals surface area contributed by atoms with Gasteiger partial charge in [-0.1, -0.05) is 0 Å². The van der Waals surface area contributed by atoms with E-state index in [9.17, 15) is 0 Å². The Labute approximate surface area is 101 Å². The van der Waals surface area contributed by atoms with Gasteiger partial charge in [0.05, 0.1) is 6.54 Å². The van der Waals surface area contributed by atoms with Crippen LogP contribution in [0.15, 0.2) is 34.9 Å². The van der Waals surface area contributed by atoms with E-state index in [4.69, 9.17) is 4.42 Å². The van der Waals surface area contributed by atoms with Gasteiger partial charge < -0.3 is 14.6 Å². The molecule has 0 bridgehead atoms. The average Bonchev–Trinajstić information content (AvgIpc) is 2.75. The second kappa shape index (κ2) is 4.91. The van der Waals surface area contributed by atoms with Gasteiger partial charge in [-0.05, 0) is 25.1 Å². The van der Waals surface area contributed by atoms with Crippen molar-refractivity contribution in [3.05, 3.63) is 42.0 Å². The molecule has 2 heterocycles.